The fourth-order valence-electron chi connectivity index (χ4n) is 4.05. The van der Waals surface area contributed by atoms with Gasteiger partial charge in [0.15, 0.2) is 0 Å². The molecule has 1 N–H and O–H groups in total. The van der Waals surface area contributed by atoms with Crippen LogP contribution in [0, 0.1) is 0 Å². The Hall–Kier alpha value is -1.01. The summed E-state index contributed by atoms with van der Waals surface area (Å²) in [5.74, 6) is 2.82. The van der Waals surface area contributed by atoms with Crippen LogP contribution < -0.4 is 5.32 Å². The van der Waals surface area contributed by atoms with Gasteiger partial charge in [-0.15, -0.1) is 0 Å². The Labute approximate surface area is 142 Å². The number of piperidine rings is 1. The van der Waals surface area contributed by atoms with Gasteiger partial charge in [0.1, 0.15) is 0 Å². The maximum absolute atomic E-state index is 12.6. The van der Waals surface area contributed by atoms with Gasteiger partial charge in [0.25, 0.3) is 0 Å². The van der Waals surface area contributed by atoms with Crippen LogP contribution in [0.3, 0.4) is 0 Å². The predicted octanol–water partition coefficient (Wildman–Crippen LogP) is 2.10. The summed E-state index contributed by atoms with van der Waals surface area (Å²) in [6.45, 7) is 0. The van der Waals surface area contributed by atoms with E-state index in [1.807, 2.05) is 19.6 Å². The number of aromatic nitrogens is 2. The van der Waals surface area contributed by atoms with Gasteiger partial charge in [-0.2, -0.15) is 11.8 Å². The predicted molar refractivity (Wildman–Crippen MR) is 92.3 cm³/mol. The lowest BCUT2D eigenvalue weighted by Crippen LogP contribution is -2.55. The summed E-state index contributed by atoms with van der Waals surface area (Å²) in [5.41, 5.74) is 1.17. The van der Waals surface area contributed by atoms with E-state index in [9.17, 15) is 4.79 Å². The fourth-order valence-corrected chi connectivity index (χ4v) is 5.13. The molecule has 1 unspecified atom stereocenters. The average molecular weight is 334 g/mol. The van der Waals surface area contributed by atoms with E-state index < -0.39 is 0 Å². The Balaban J connectivity index is 1.60. The summed E-state index contributed by atoms with van der Waals surface area (Å²) in [6.07, 6.45) is 10.3. The molecule has 3 fully saturated rings. The van der Waals surface area contributed by atoms with Gasteiger partial charge in [0.2, 0.25) is 5.91 Å². The zero-order valence-electron chi connectivity index (χ0n) is 13.8. The normalized spacial score (nSPS) is 32.3. The first-order valence-corrected chi connectivity index (χ1v) is 10.0. The second-order valence-corrected chi connectivity index (χ2v) is 8.28. The van der Waals surface area contributed by atoms with E-state index >= 15 is 0 Å². The smallest absolute Gasteiger partial charge is 0.223 e. The quantitative estimate of drug-likeness (QED) is 0.916. The number of nitrogens with zero attached hydrogens (tertiary/aromatic N) is 3. The highest BCUT2D eigenvalue weighted by Gasteiger charge is 2.45. The van der Waals surface area contributed by atoms with Gasteiger partial charge in [-0.25, -0.2) is 4.98 Å². The molecular weight excluding hydrogens is 308 g/mol. The fraction of sp³-hybridized carbons (Fsp3) is 0.765. The number of hydrogen-bond donors (Lipinski definition) is 1. The summed E-state index contributed by atoms with van der Waals surface area (Å²) < 4.78 is 2.09. The molecule has 126 valence electrons. The van der Waals surface area contributed by atoms with Crippen LogP contribution in [-0.4, -0.2) is 50.0 Å². The molecule has 1 aliphatic carbocycles. The third kappa shape index (κ3) is 3.15. The van der Waals surface area contributed by atoms with E-state index in [2.05, 4.69) is 31.5 Å². The van der Waals surface area contributed by atoms with Crippen molar-refractivity contribution >= 4 is 17.7 Å². The van der Waals surface area contributed by atoms with E-state index in [0.29, 0.717) is 30.5 Å². The van der Waals surface area contributed by atoms with Crippen molar-refractivity contribution in [1.29, 1.82) is 0 Å². The molecule has 23 heavy (non-hydrogen) atoms. The summed E-state index contributed by atoms with van der Waals surface area (Å²) >= 11 is 2.05. The van der Waals surface area contributed by atoms with Gasteiger partial charge in [0, 0.05) is 37.3 Å². The van der Waals surface area contributed by atoms with Crippen molar-refractivity contribution in [2.45, 2.75) is 62.7 Å². The Kier molecular flexibility index (Phi) is 4.37. The van der Waals surface area contributed by atoms with Crippen LogP contribution >= 0.6 is 11.8 Å². The van der Waals surface area contributed by atoms with E-state index in [1.165, 1.54) is 30.0 Å². The molecule has 3 heterocycles. The number of nitrogens with one attached hydrogen (secondary N) is 1. The maximum Gasteiger partial charge on any atom is 0.223 e. The lowest BCUT2D eigenvalue weighted by Gasteiger charge is -2.43. The summed E-state index contributed by atoms with van der Waals surface area (Å²) in [4.78, 5) is 19.1. The number of carbonyl (C=O) groups excluding carboxylic acids is 1. The lowest BCUT2D eigenvalue weighted by molar-refractivity contribution is -0.139. The standard InChI is InChI=1S/C17H26N4OS/c1-20-11-18-9-15(20)17-14(19-12-3-2-8-23-10-12)6-7-16(22)21(17)13-4-5-13/h9,11-14,17,19H,2-8,10H2,1H3/t12?,14-,17-/m1/s1. The molecule has 3 aliphatic rings. The number of thioether (sulfide) groups is 1. The van der Waals surface area contributed by atoms with Gasteiger partial charge in [0.05, 0.1) is 24.3 Å². The van der Waals surface area contributed by atoms with Gasteiger partial charge < -0.3 is 14.8 Å². The summed E-state index contributed by atoms with van der Waals surface area (Å²) in [5, 5.41) is 3.90. The third-order valence-electron chi connectivity index (χ3n) is 5.35. The monoisotopic (exact) mass is 334 g/mol. The van der Waals surface area contributed by atoms with Crippen molar-refractivity contribution in [1.82, 2.24) is 19.8 Å². The molecular formula is C17H26N4OS. The van der Waals surface area contributed by atoms with Gasteiger partial charge >= 0.3 is 0 Å². The number of aryl methyl sites for hydroxylation is 1. The summed E-state index contributed by atoms with van der Waals surface area (Å²) in [6, 6.07) is 1.53. The van der Waals surface area contributed by atoms with E-state index in [0.717, 1.165) is 19.3 Å². The van der Waals surface area contributed by atoms with Crippen LogP contribution in [0.25, 0.3) is 0 Å². The van der Waals surface area contributed by atoms with Crippen molar-refractivity contribution in [2.75, 3.05) is 11.5 Å². The molecule has 6 heteroatoms. The number of imidazole rings is 1. The second kappa shape index (κ2) is 6.48. The minimum Gasteiger partial charge on any atom is -0.336 e. The number of hydrogen-bond acceptors (Lipinski definition) is 4. The van der Waals surface area contributed by atoms with Crippen molar-refractivity contribution in [3.8, 4) is 0 Å². The Bertz CT molecular complexity index is 565. The molecule has 1 saturated carbocycles. The molecule has 0 spiro atoms. The zero-order valence-corrected chi connectivity index (χ0v) is 14.6. The molecule has 0 bridgehead atoms. The van der Waals surface area contributed by atoms with E-state index in [1.54, 1.807) is 0 Å². The topological polar surface area (TPSA) is 50.2 Å². The van der Waals surface area contributed by atoms with Crippen LogP contribution in [0.2, 0.25) is 0 Å². The largest absolute Gasteiger partial charge is 0.336 e. The molecule has 3 atom stereocenters. The van der Waals surface area contributed by atoms with Gasteiger partial charge in [-0.1, -0.05) is 0 Å². The van der Waals surface area contributed by atoms with Gasteiger partial charge in [-0.3, -0.25) is 4.79 Å². The number of rotatable bonds is 4. The molecule has 1 amide bonds. The first-order valence-electron chi connectivity index (χ1n) is 8.85. The van der Waals surface area contributed by atoms with Crippen molar-refractivity contribution < 1.29 is 4.79 Å². The van der Waals surface area contributed by atoms with Gasteiger partial charge in [-0.05, 0) is 37.9 Å². The molecule has 1 aromatic rings. The highest BCUT2D eigenvalue weighted by atomic mass is 32.2. The molecule has 2 aliphatic heterocycles. The maximum atomic E-state index is 12.6. The lowest BCUT2D eigenvalue weighted by atomic mass is 9.91. The highest BCUT2D eigenvalue weighted by molar-refractivity contribution is 7.99. The molecule has 4 rings (SSSR count). The van der Waals surface area contributed by atoms with Crippen molar-refractivity contribution in [3.05, 3.63) is 18.2 Å². The first kappa shape index (κ1) is 15.5. The Morgan fingerprint density at radius 1 is 1.30 bits per heavy atom. The molecule has 0 aromatic carbocycles. The Morgan fingerprint density at radius 2 is 2.17 bits per heavy atom. The molecule has 2 saturated heterocycles. The summed E-state index contributed by atoms with van der Waals surface area (Å²) in [7, 11) is 2.04. The van der Waals surface area contributed by atoms with Crippen molar-refractivity contribution in [3.63, 3.8) is 0 Å². The second-order valence-electron chi connectivity index (χ2n) is 7.13. The van der Waals surface area contributed by atoms with E-state index in [4.69, 9.17) is 0 Å². The number of amides is 1. The first-order chi connectivity index (χ1) is 11.2. The van der Waals surface area contributed by atoms with Crippen LogP contribution in [0.15, 0.2) is 12.5 Å². The average Bonchev–Trinajstić information content (AvgIpc) is 3.31. The minimum atomic E-state index is 0.142. The number of likely N-dealkylation sites (tertiary alicyclic amines) is 1. The number of carbonyl (C=O) groups is 1. The van der Waals surface area contributed by atoms with Crippen LogP contribution in [0.5, 0.6) is 0 Å². The van der Waals surface area contributed by atoms with Crippen LogP contribution in [-0.2, 0) is 11.8 Å². The van der Waals surface area contributed by atoms with Crippen molar-refractivity contribution in [2.24, 2.45) is 7.05 Å². The van der Waals surface area contributed by atoms with E-state index in [-0.39, 0.29) is 6.04 Å². The van der Waals surface area contributed by atoms with Crippen LogP contribution in [0.1, 0.15) is 50.3 Å². The minimum absolute atomic E-state index is 0.142. The highest BCUT2D eigenvalue weighted by Crippen LogP contribution is 2.40. The van der Waals surface area contributed by atoms with Crippen LogP contribution in [0.4, 0.5) is 0 Å². The Morgan fingerprint density at radius 3 is 2.83 bits per heavy atom. The molecule has 1 aromatic heterocycles. The SMILES string of the molecule is Cn1cncc1[C@H]1[C@H](NC2CCCSC2)CCC(=O)N1C1CC1. The zero-order chi connectivity index (χ0) is 15.8. The third-order valence-corrected chi connectivity index (χ3v) is 6.56. The molecule has 5 nitrogen and oxygen atoms in total. The molecule has 0 radical (unpaired) electrons.